The summed E-state index contributed by atoms with van der Waals surface area (Å²) in [5.74, 6) is -0.670. The maximum Gasteiger partial charge on any atom is 0.309 e. The van der Waals surface area contributed by atoms with E-state index in [9.17, 15) is 9.90 Å². The summed E-state index contributed by atoms with van der Waals surface area (Å²) >= 11 is 0. The van der Waals surface area contributed by atoms with E-state index in [0.29, 0.717) is 18.9 Å². The number of rotatable bonds is 3. The van der Waals surface area contributed by atoms with Crippen molar-refractivity contribution in [1.29, 1.82) is 0 Å². The number of carbonyl (C=O) groups is 1. The Morgan fingerprint density at radius 2 is 2.17 bits per heavy atom. The molecule has 1 atom stereocenters. The lowest BCUT2D eigenvalue weighted by molar-refractivity contribution is -0.151. The molecule has 1 unspecified atom stereocenters. The number of likely N-dealkylation sites (tertiary alicyclic amines) is 1. The Morgan fingerprint density at radius 1 is 1.50 bits per heavy atom. The van der Waals surface area contributed by atoms with E-state index in [4.69, 9.17) is 0 Å². The van der Waals surface area contributed by atoms with Gasteiger partial charge < -0.3 is 5.11 Å². The van der Waals surface area contributed by atoms with E-state index in [-0.39, 0.29) is 0 Å². The number of aliphatic carboxylic acids is 1. The maximum absolute atomic E-state index is 11.2. The summed E-state index contributed by atoms with van der Waals surface area (Å²) in [5, 5.41) is 9.21. The van der Waals surface area contributed by atoms with Gasteiger partial charge in [0.15, 0.2) is 0 Å². The van der Waals surface area contributed by atoms with Crippen molar-refractivity contribution in [2.24, 2.45) is 5.41 Å². The summed E-state index contributed by atoms with van der Waals surface area (Å²) in [5.41, 5.74) is 0.641. The average Bonchev–Trinajstić information content (AvgIpc) is 2.40. The van der Waals surface area contributed by atoms with Gasteiger partial charge in [-0.2, -0.15) is 0 Å². The molecule has 0 bridgehead atoms. The fraction of sp³-hybridized carbons (Fsp3) is 0.571. The van der Waals surface area contributed by atoms with E-state index < -0.39 is 11.4 Å². The number of carboxylic acid groups (broad SMARTS) is 1. The van der Waals surface area contributed by atoms with Crippen LogP contribution >= 0.6 is 0 Å². The van der Waals surface area contributed by atoms with E-state index >= 15 is 0 Å². The van der Waals surface area contributed by atoms with Gasteiger partial charge in [-0.15, -0.1) is 0 Å². The molecule has 1 aromatic rings. The third-order valence-corrected chi connectivity index (χ3v) is 4.13. The number of hydrogen-bond acceptors (Lipinski definition) is 3. The topological polar surface area (TPSA) is 53.4 Å². The number of pyridine rings is 1. The van der Waals surface area contributed by atoms with Crippen molar-refractivity contribution >= 4 is 5.97 Å². The van der Waals surface area contributed by atoms with Crippen LogP contribution in [0.15, 0.2) is 24.5 Å². The SMILES string of the molecule is CC(c1cccnc1)N1CCC(C)(C(=O)O)CC1. The monoisotopic (exact) mass is 248 g/mol. The molecule has 0 amide bonds. The summed E-state index contributed by atoms with van der Waals surface area (Å²) in [4.78, 5) is 17.7. The summed E-state index contributed by atoms with van der Waals surface area (Å²) in [6.45, 7) is 5.67. The summed E-state index contributed by atoms with van der Waals surface area (Å²) in [6.07, 6.45) is 5.09. The third-order valence-electron chi connectivity index (χ3n) is 4.13. The van der Waals surface area contributed by atoms with Crippen LogP contribution in [0.3, 0.4) is 0 Å². The largest absolute Gasteiger partial charge is 0.481 e. The molecule has 2 rings (SSSR count). The molecule has 0 aliphatic carbocycles. The molecule has 4 heteroatoms. The van der Waals surface area contributed by atoms with Crippen molar-refractivity contribution in [3.8, 4) is 0 Å². The van der Waals surface area contributed by atoms with Crippen molar-refractivity contribution < 1.29 is 9.90 Å². The molecule has 1 aromatic heterocycles. The molecule has 0 radical (unpaired) electrons. The molecular formula is C14H20N2O2. The zero-order valence-electron chi connectivity index (χ0n) is 11.0. The minimum Gasteiger partial charge on any atom is -0.481 e. The normalized spacial score (nSPS) is 21.4. The lowest BCUT2D eigenvalue weighted by Crippen LogP contribution is -2.43. The van der Waals surface area contributed by atoms with Crippen LogP contribution in [-0.4, -0.2) is 34.0 Å². The van der Waals surface area contributed by atoms with Crippen molar-refractivity contribution in [2.75, 3.05) is 13.1 Å². The quantitative estimate of drug-likeness (QED) is 0.892. The van der Waals surface area contributed by atoms with Gasteiger partial charge in [0.05, 0.1) is 5.41 Å². The first-order valence-electron chi connectivity index (χ1n) is 6.40. The van der Waals surface area contributed by atoms with Gasteiger partial charge in [-0.3, -0.25) is 14.7 Å². The molecule has 4 nitrogen and oxygen atoms in total. The van der Waals surface area contributed by atoms with Gasteiger partial charge in [-0.05, 0) is 51.4 Å². The molecule has 0 aromatic carbocycles. The number of nitrogens with zero attached hydrogens (tertiary/aromatic N) is 2. The molecule has 2 heterocycles. The standard InChI is InChI=1S/C14H20N2O2/c1-11(12-4-3-7-15-10-12)16-8-5-14(2,6-9-16)13(17)18/h3-4,7,10-11H,5-6,8-9H2,1-2H3,(H,17,18). The second-order valence-corrected chi connectivity index (χ2v) is 5.36. The lowest BCUT2D eigenvalue weighted by Gasteiger charge is -2.39. The minimum atomic E-state index is -0.670. The lowest BCUT2D eigenvalue weighted by atomic mass is 9.80. The highest BCUT2D eigenvalue weighted by Crippen LogP contribution is 2.34. The molecule has 1 fully saturated rings. The fourth-order valence-corrected chi connectivity index (χ4v) is 2.45. The van der Waals surface area contributed by atoms with Crippen LogP contribution in [0.2, 0.25) is 0 Å². The maximum atomic E-state index is 11.2. The summed E-state index contributed by atoms with van der Waals surface area (Å²) in [7, 11) is 0. The van der Waals surface area contributed by atoms with Crippen molar-refractivity contribution in [2.45, 2.75) is 32.7 Å². The minimum absolute atomic E-state index is 0.303. The van der Waals surface area contributed by atoms with Crippen molar-refractivity contribution in [1.82, 2.24) is 9.88 Å². The molecule has 0 saturated carbocycles. The van der Waals surface area contributed by atoms with Gasteiger partial charge in [0, 0.05) is 18.4 Å². The number of aromatic nitrogens is 1. The van der Waals surface area contributed by atoms with E-state index in [1.54, 1.807) is 6.20 Å². The second-order valence-electron chi connectivity index (χ2n) is 5.36. The van der Waals surface area contributed by atoms with Crippen LogP contribution in [0, 0.1) is 5.41 Å². The molecular weight excluding hydrogens is 228 g/mol. The average molecular weight is 248 g/mol. The predicted octanol–water partition coefficient (Wildman–Crippen LogP) is 2.33. The van der Waals surface area contributed by atoms with Gasteiger partial charge in [-0.1, -0.05) is 6.07 Å². The van der Waals surface area contributed by atoms with E-state index in [0.717, 1.165) is 13.1 Å². The van der Waals surface area contributed by atoms with E-state index in [1.807, 2.05) is 19.2 Å². The molecule has 1 N–H and O–H groups in total. The van der Waals surface area contributed by atoms with Crippen LogP contribution in [0.25, 0.3) is 0 Å². The van der Waals surface area contributed by atoms with Gasteiger partial charge >= 0.3 is 5.97 Å². The van der Waals surface area contributed by atoms with Crippen LogP contribution in [0.5, 0.6) is 0 Å². The van der Waals surface area contributed by atoms with Gasteiger partial charge in [0.2, 0.25) is 0 Å². The second kappa shape index (κ2) is 5.06. The first-order valence-corrected chi connectivity index (χ1v) is 6.40. The first-order chi connectivity index (χ1) is 8.53. The Morgan fingerprint density at radius 3 is 2.67 bits per heavy atom. The van der Waals surface area contributed by atoms with Crippen LogP contribution in [0.1, 0.15) is 38.3 Å². The van der Waals surface area contributed by atoms with Crippen LogP contribution in [0.4, 0.5) is 0 Å². The zero-order chi connectivity index (χ0) is 13.2. The first kappa shape index (κ1) is 13.0. The van der Waals surface area contributed by atoms with Crippen LogP contribution in [-0.2, 0) is 4.79 Å². The van der Waals surface area contributed by atoms with Gasteiger partial charge in [-0.25, -0.2) is 0 Å². The number of carboxylic acids is 1. The van der Waals surface area contributed by atoms with Crippen molar-refractivity contribution in [3.05, 3.63) is 30.1 Å². The Kier molecular flexibility index (Phi) is 3.66. The summed E-state index contributed by atoms with van der Waals surface area (Å²) < 4.78 is 0. The predicted molar refractivity (Wildman–Crippen MR) is 69.2 cm³/mol. The van der Waals surface area contributed by atoms with E-state index in [2.05, 4.69) is 22.9 Å². The molecule has 1 aliphatic heterocycles. The third kappa shape index (κ3) is 2.53. The van der Waals surface area contributed by atoms with Crippen molar-refractivity contribution in [3.63, 3.8) is 0 Å². The molecule has 1 aliphatic rings. The smallest absolute Gasteiger partial charge is 0.309 e. The zero-order valence-corrected chi connectivity index (χ0v) is 11.0. The van der Waals surface area contributed by atoms with Gasteiger partial charge in [0.25, 0.3) is 0 Å². The van der Waals surface area contributed by atoms with Crippen LogP contribution < -0.4 is 0 Å². The Labute approximate surface area is 108 Å². The Hall–Kier alpha value is -1.42. The molecule has 1 saturated heterocycles. The highest BCUT2D eigenvalue weighted by molar-refractivity contribution is 5.74. The molecule has 18 heavy (non-hydrogen) atoms. The molecule has 98 valence electrons. The van der Waals surface area contributed by atoms with E-state index in [1.165, 1.54) is 5.56 Å². The number of hydrogen-bond donors (Lipinski definition) is 1. The highest BCUT2D eigenvalue weighted by atomic mass is 16.4. The summed E-state index contributed by atoms with van der Waals surface area (Å²) in [6, 6.07) is 4.32. The number of piperidine rings is 1. The highest BCUT2D eigenvalue weighted by Gasteiger charge is 2.37. The Bertz CT molecular complexity index is 411. The molecule has 0 spiro atoms. The van der Waals surface area contributed by atoms with Gasteiger partial charge in [0.1, 0.15) is 0 Å². The Balaban J connectivity index is 2.00. The fourth-order valence-electron chi connectivity index (χ4n) is 2.45.